The highest BCUT2D eigenvalue weighted by Crippen LogP contribution is 2.31. The van der Waals surface area contributed by atoms with Gasteiger partial charge in [-0.25, -0.2) is 9.97 Å². The van der Waals surface area contributed by atoms with Crippen LogP contribution in [0.2, 0.25) is 5.02 Å². The molecule has 0 saturated heterocycles. The summed E-state index contributed by atoms with van der Waals surface area (Å²) in [4.78, 5) is 20.9. The smallest absolute Gasteiger partial charge is 0.275 e. The highest BCUT2D eigenvalue weighted by atomic mass is 35.5. The molecule has 1 heterocycles. The topological polar surface area (TPSA) is 76.1 Å². The molecule has 0 radical (unpaired) electrons. The lowest BCUT2D eigenvalue weighted by atomic mass is 10.2. The molecule has 1 aliphatic carbocycles. The third-order valence-electron chi connectivity index (χ3n) is 4.32. The number of nitrogens with zero attached hydrogens (tertiary/aromatic N) is 2. The van der Waals surface area contributed by atoms with E-state index in [1.54, 1.807) is 18.3 Å². The first kappa shape index (κ1) is 17.5. The highest BCUT2D eigenvalue weighted by molar-refractivity contribution is 6.31. The summed E-state index contributed by atoms with van der Waals surface area (Å²) in [6.07, 6.45) is 7.86. The van der Waals surface area contributed by atoms with Gasteiger partial charge in [0.25, 0.3) is 5.91 Å². The quantitative estimate of drug-likeness (QED) is 0.841. The summed E-state index contributed by atoms with van der Waals surface area (Å²) in [7, 11) is 1.53. The fourth-order valence-corrected chi connectivity index (χ4v) is 3.07. The predicted molar refractivity (Wildman–Crippen MR) is 98.6 cm³/mol. The Hall–Kier alpha value is -2.34. The zero-order chi connectivity index (χ0) is 17.8. The first-order chi connectivity index (χ1) is 12.1. The van der Waals surface area contributed by atoms with Gasteiger partial charge in [-0.2, -0.15) is 0 Å². The summed E-state index contributed by atoms with van der Waals surface area (Å²) in [6, 6.07) is 3.89. The number of aryl methyl sites for hydroxylation is 1. The second kappa shape index (κ2) is 7.70. The lowest BCUT2D eigenvalue weighted by Crippen LogP contribution is -2.18. The SMILES string of the molecule is COc1cc(Cl)c(C)cc1NC(=O)c1cnc(NC2CCCC2)cn1. The molecule has 1 aliphatic rings. The number of hydrogen-bond donors (Lipinski definition) is 2. The molecule has 2 N–H and O–H groups in total. The van der Waals surface area contributed by atoms with E-state index in [9.17, 15) is 4.79 Å². The maximum absolute atomic E-state index is 12.4. The van der Waals surface area contributed by atoms with Gasteiger partial charge in [-0.3, -0.25) is 4.79 Å². The Balaban J connectivity index is 1.70. The van der Waals surface area contributed by atoms with Crippen molar-refractivity contribution in [1.29, 1.82) is 0 Å². The Kier molecular flexibility index (Phi) is 5.38. The average molecular weight is 361 g/mol. The summed E-state index contributed by atoms with van der Waals surface area (Å²) in [5, 5.41) is 6.72. The van der Waals surface area contributed by atoms with Crippen LogP contribution in [0.25, 0.3) is 0 Å². The third kappa shape index (κ3) is 4.20. The van der Waals surface area contributed by atoms with Gasteiger partial charge in [-0.1, -0.05) is 24.4 Å². The van der Waals surface area contributed by atoms with E-state index in [2.05, 4.69) is 20.6 Å². The van der Waals surface area contributed by atoms with E-state index in [1.165, 1.54) is 26.1 Å². The van der Waals surface area contributed by atoms with Crippen molar-refractivity contribution in [2.45, 2.75) is 38.6 Å². The number of aromatic nitrogens is 2. The van der Waals surface area contributed by atoms with E-state index in [4.69, 9.17) is 16.3 Å². The molecule has 1 fully saturated rings. The van der Waals surface area contributed by atoms with E-state index in [0.29, 0.717) is 28.3 Å². The van der Waals surface area contributed by atoms with Crippen molar-refractivity contribution in [2.75, 3.05) is 17.7 Å². The van der Waals surface area contributed by atoms with E-state index in [1.807, 2.05) is 6.92 Å². The van der Waals surface area contributed by atoms with Crippen molar-refractivity contribution in [3.05, 3.63) is 40.8 Å². The van der Waals surface area contributed by atoms with Crippen LogP contribution in [0, 0.1) is 6.92 Å². The molecule has 0 aliphatic heterocycles. The first-order valence-electron chi connectivity index (χ1n) is 8.31. The molecule has 1 aromatic carbocycles. The van der Waals surface area contributed by atoms with Crippen molar-refractivity contribution >= 4 is 29.0 Å². The number of nitrogens with one attached hydrogen (secondary N) is 2. The van der Waals surface area contributed by atoms with Crippen LogP contribution in [0.15, 0.2) is 24.5 Å². The molecule has 1 amide bonds. The molecule has 25 heavy (non-hydrogen) atoms. The average Bonchev–Trinajstić information content (AvgIpc) is 3.11. The first-order valence-corrected chi connectivity index (χ1v) is 8.68. The van der Waals surface area contributed by atoms with Crippen LogP contribution < -0.4 is 15.4 Å². The molecular weight excluding hydrogens is 340 g/mol. The molecule has 0 spiro atoms. The fraction of sp³-hybridized carbons (Fsp3) is 0.389. The zero-order valence-electron chi connectivity index (χ0n) is 14.3. The minimum absolute atomic E-state index is 0.242. The molecule has 1 saturated carbocycles. The molecule has 132 valence electrons. The number of amides is 1. The van der Waals surface area contributed by atoms with E-state index < -0.39 is 0 Å². The summed E-state index contributed by atoms with van der Waals surface area (Å²) < 4.78 is 5.27. The number of anilines is 2. The summed E-state index contributed by atoms with van der Waals surface area (Å²) in [6.45, 7) is 1.86. The highest BCUT2D eigenvalue weighted by Gasteiger charge is 2.16. The van der Waals surface area contributed by atoms with Crippen LogP contribution >= 0.6 is 11.6 Å². The number of hydrogen-bond acceptors (Lipinski definition) is 5. The van der Waals surface area contributed by atoms with Crippen molar-refractivity contribution in [3.8, 4) is 5.75 Å². The summed E-state index contributed by atoms with van der Waals surface area (Å²) in [5.74, 6) is 0.847. The Morgan fingerprint density at radius 3 is 2.64 bits per heavy atom. The number of carbonyl (C=O) groups is 1. The minimum Gasteiger partial charge on any atom is -0.495 e. The van der Waals surface area contributed by atoms with Gasteiger partial charge in [0.2, 0.25) is 0 Å². The maximum atomic E-state index is 12.4. The van der Waals surface area contributed by atoms with Crippen LogP contribution in [-0.2, 0) is 0 Å². The minimum atomic E-state index is -0.347. The van der Waals surface area contributed by atoms with Gasteiger partial charge in [0, 0.05) is 17.1 Å². The van der Waals surface area contributed by atoms with Gasteiger partial charge < -0.3 is 15.4 Å². The van der Waals surface area contributed by atoms with Gasteiger partial charge >= 0.3 is 0 Å². The Morgan fingerprint density at radius 2 is 2.00 bits per heavy atom. The van der Waals surface area contributed by atoms with E-state index in [0.717, 1.165) is 18.4 Å². The van der Waals surface area contributed by atoms with E-state index in [-0.39, 0.29) is 11.6 Å². The molecule has 0 unspecified atom stereocenters. The van der Waals surface area contributed by atoms with Crippen molar-refractivity contribution in [1.82, 2.24) is 9.97 Å². The molecule has 7 heteroatoms. The van der Waals surface area contributed by atoms with E-state index >= 15 is 0 Å². The second-order valence-electron chi connectivity index (χ2n) is 6.17. The Bertz CT molecular complexity index is 758. The van der Waals surface area contributed by atoms with Crippen LogP contribution in [0.1, 0.15) is 41.7 Å². The van der Waals surface area contributed by atoms with Crippen LogP contribution in [0.3, 0.4) is 0 Å². The molecular formula is C18H21ClN4O2. The van der Waals surface area contributed by atoms with Crippen molar-refractivity contribution in [2.24, 2.45) is 0 Å². The Labute approximate surface area is 152 Å². The molecule has 2 aromatic rings. The lowest BCUT2D eigenvalue weighted by Gasteiger charge is -2.13. The molecule has 3 rings (SSSR count). The number of rotatable bonds is 5. The molecule has 6 nitrogen and oxygen atoms in total. The number of halogens is 1. The van der Waals surface area contributed by atoms with Gasteiger partial charge in [0.1, 0.15) is 17.3 Å². The summed E-state index contributed by atoms with van der Waals surface area (Å²) in [5.41, 5.74) is 1.64. The number of methoxy groups -OCH3 is 1. The van der Waals surface area contributed by atoms with Gasteiger partial charge in [0.15, 0.2) is 0 Å². The normalized spacial score (nSPS) is 14.4. The number of ether oxygens (including phenoxy) is 1. The van der Waals surface area contributed by atoms with Gasteiger partial charge in [0.05, 0.1) is 25.2 Å². The van der Waals surface area contributed by atoms with Gasteiger partial charge in [-0.05, 0) is 31.4 Å². The molecule has 0 atom stereocenters. The monoisotopic (exact) mass is 360 g/mol. The molecule has 1 aromatic heterocycles. The maximum Gasteiger partial charge on any atom is 0.275 e. The van der Waals surface area contributed by atoms with Crippen molar-refractivity contribution in [3.63, 3.8) is 0 Å². The van der Waals surface area contributed by atoms with Crippen molar-refractivity contribution < 1.29 is 9.53 Å². The van der Waals surface area contributed by atoms with Crippen LogP contribution in [0.5, 0.6) is 5.75 Å². The number of carbonyl (C=O) groups excluding carboxylic acids is 1. The third-order valence-corrected chi connectivity index (χ3v) is 4.73. The Morgan fingerprint density at radius 1 is 1.24 bits per heavy atom. The standard InChI is InChI=1S/C18H21ClN4O2/c1-11-7-14(16(25-2)8-13(11)19)23-18(24)15-9-21-17(10-20-15)22-12-5-3-4-6-12/h7-10,12H,3-6H2,1-2H3,(H,21,22)(H,23,24). The predicted octanol–water partition coefficient (Wildman–Crippen LogP) is 4.05. The van der Waals surface area contributed by atoms with Gasteiger partial charge in [-0.15, -0.1) is 0 Å². The molecule has 0 bridgehead atoms. The lowest BCUT2D eigenvalue weighted by molar-refractivity contribution is 0.102. The van der Waals surface area contributed by atoms with Crippen LogP contribution in [0.4, 0.5) is 11.5 Å². The second-order valence-corrected chi connectivity index (χ2v) is 6.58. The zero-order valence-corrected chi connectivity index (χ0v) is 15.1. The fourth-order valence-electron chi connectivity index (χ4n) is 2.92. The number of benzene rings is 1. The summed E-state index contributed by atoms with van der Waals surface area (Å²) >= 11 is 6.08. The van der Waals surface area contributed by atoms with Crippen LogP contribution in [-0.4, -0.2) is 29.0 Å². The largest absolute Gasteiger partial charge is 0.495 e.